The molecule has 5 heteroatoms. The summed E-state index contributed by atoms with van der Waals surface area (Å²) in [5, 5.41) is 0. The predicted octanol–water partition coefficient (Wildman–Crippen LogP) is 2.46. The van der Waals surface area contributed by atoms with E-state index in [2.05, 4.69) is 0 Å². The maximum absolute atomic E-state index is 13.7. The van der Waals surface area contributed by atoms with Gasteiger partial charge in [-0.05, 0) is 44.6 Å². The smallest absolute Gasteiger partial charge is 0.402 e. The van der Waals surface area contributed by atoms with E-state index in [0.29, 0.717) is 4.90 Å². The number of benzene rings is 1. The van der Waals surface area contributed by atoms with E-state index in [4.69, 9.17) is 9.31 Å². The molecule has 1 atom stereocenters. The minimum atomic E-state index is -0.467. The summed E-state index contributed by atoms with van der Waals surface area (Å²) in [6, 6.07) is 5.11. The number of thioether (sulfide) groups is 1. The zero-order valence-corrected chi connectivity index (χ0v) is 11.3. The summed E-state index contributed by atoms with van der Waals surface area (Å²) in [6.07, 6.45) is 1.85. The zero-order chi connectivity index (χ0) is 12.6. The minimum Gasteiger partial charge on any atom is -0.402 e. The Hall–Kier alpha value is -0.515. The van der Waals surface area contributed by atoms with Crippen LogP contribution in [0, 0.1) is 5.82 Å². The third-order valence-corrected chi connectivity index (χ3v) is 3.94. The van der Waals surface area contributed by atoms with E-state index in [-0.39, 0.29) is 17.5 Å². The molecule has 0 amide bonds. The average molecular weight is 254 g/mol. The van der Waals surface area contributed by atoms with Gasteiger partial charge in [-0.25, -0.2) is 4.39 Å². The van der Waals surface area contributed by atoms with Crippen LogP contribution in [0.3, 0.4) is 0 Å². The highest BCUT2D eigenvalue weighted by atomic mass is 32.2. The number of halogens is 1. The summed E-state index contributed by atoms with van der Waals surface area (Å²) in [5.74, 6) is -0.223. The van der Waals surface area contributed by atoms with Crippen molar-refractivity contribution in [2.75, 3.05) is 6.26 Å². The highest BCUT2D eigenvalue weighted by Gasteiger charge is 2.43. The molecular weight excluding hydrogens is 238 g/mol. The lowest BCUT2D eigenvalue weighted by Gasteiger charge is -2.21. The first-order valence-electron chi connectivity index (χ1n) is 5.61. The van der Waals surface area contributed by atoms with Gasteiger partial charge < -0.3 is 9.31 Å². The number of rotatable bonds is 2. The molecule has 0 N–H and O–H groups in total. The Kier molecular flexibility index (Phi) is 3.52. The third kappa shape index (κ3) is 2.51. The molecule has 0 aliphatic carbocycles. The van der Waals surface area contributed by atoms with Crippen molar-refractivity contribution in [1.82, 2.24) is 0 Å². The van der Waals surface area contributed by atoms with Gasteiger partial charge in [0, 0.05) is 4.90 Å². The van der Waals surface area contributed by atoms with Gasteiger partial charge in [-0.3, -0.25) is 0 Å². The highest BCUT2D eigenvalue weighted by Crippen LogP contribution is 2.27. The molecule has 2 rings (SSSR count). The second kappa shape index (κ2) is 4.63. The highest BCUT2D eigenvalue weighted by molar-refractivity contribution is 7.98. The van der Waals surface area contributed by atoms with E-state index in [0.717, 1.165) is 5.46 Å². The van der Waals surface area contributed by atoms with Gasteiger partial charge in [0.25, 0.3) is 0 Å². The molecule has 0 bridgehead atoms. The van der Waals surface area contributed by atoms with Crippen molar-refractivity contribution in [3.8, 4) is 0 Å². The molecule has 0 radical (unpaired) electrons. The fraction of sp³-hybridized carbons (Fsp3) is 0.500. The van der Waals surface area contributed by atoms with Gasteiger partial charge in [-0.1, -0.05) is 6.07 Å². The quantitative estimate of drug-likeness (QED) is 0.596. The molecule has 0 aromatic heterocycles. The summed E-state index contributed by atoms with van der Waals surface area (Å²) in [5.41, 5.74) is 0.400. The van der Waals surface area contributed by atoms with Crippen LogP contribution in [0.25, 0.3) is 0 Å². The van der Waals surface area contributed by atoms with Crippen molar-refractivity contribution < 1.29 is 13.7 Å². The van der Waals surface area contributed by atoms with Gasteiger partial charge in [0.15, 0.2) is 0 Å². The molecule has 1 aliphatic rings. The van der Waals surface area contributed by atoms with Crippen LogP contribution in [0.2, 0.25) is 0 Å². The first-order valence-corrected chi connectivity index (χ1v) is 6.83. The summed E-state index contributed by atoms with van der Waals surface area (Å²) >= 11 is 1.39. The summed E-state index contributed by atoms with van der Waals surface area (Å²) < 4.78 is 25.1. The number of hydrogen-bond acceptors (Lipinski definition) is 3. The Morgan fingerprint density at radius 1 is 1.41 bits per heavy atom. The molecule has 0 spiro atoms. The van der Waals surface area contributed by atoms with Crippen molar-refractivity contribution >= 4 is 24.3 Å². The van der Waals surface area contributed by atoms with E-state index >= 15 is 0 Å². The lowest BCUT2D eigenvalue weighted by molar-refractivity contribution is 0.0842. The molecule has 1 fully saturated rings. The Balaban J connectivity index is 2.22. The van der Waals surface area contributed by atoms with E-state index in [1.54, 1.807) is 6.07 Å². The summed E-state index contributed by atoms with van der Waals surface area (Å²) in [6.45, 7) is 5.92. The molecule has 92 valence electrons. The van der Waals surface area contributed by atoms with Crippen molar-refractivity contribution in [2.24, 2.45) is 0 Å². The van der Waals surface area contributed by atoms with Crippen molar-refractivity contribution in [3.05, 3.63) is 24.0 Å². The van der Waals surface area contributed by atoms with Crippen LogP contribution < -0.4 is 5.46 Å². The fourth-order valence-electron chi connectivity index (χ4n) is 1.72. The lowest BCUT2D eigenvalue weighted by Crippen LogP contribution is -2.35. The van der Waals surface area contributed by atoms with Crippen LogP contribution in [-0.4, -0.2) is 25.1 Å². The van der Waals surface area contributed by atoms with Gasteiger partial charge in [-0.2, -0.15) is 0 Å². The third-order valence-electron chi connectivity index (χ3n) is 3.17. The van der Waals surface area contributed by atoms with Crippen molar-refractivity contribution in [3.63, 3.8) is 0 Å². The second-order valence-electron chi connectivity index (χ2n) is 4.73. The van der Waals surface area contributed by atoms with E-state index in [9.17, 15) is 4.39 Å². The first kappa shape index (κ1) is 12.9. The van der Waals surface area contributed by atoms with Gasteiger partial charge >= 0.3 is 7.12 Å². The maximum Gasteiger partial charge on any atom is 0.494 e. The van der Waals surface area contributed by atoms with Gasteiger partial charge in [-0.15, -0.1) is 11.8 Å². The Labute approximate surface area is 106 Å². The molecule has 1 heterocycles. The first-order chi connectivity index (χ1) is 7.94. The lowest BCUT2D eigenvalue weighted by atomic mass is 9.79. The topological polar surface area (TPSA) is 18.5 Å². The van der Waals surface area contributed by atoms with Gasteiger partial charge in [0.1, 0.15) is 5.82 Å². The van der Waals surface area contributed by atoms with Crippen LogP contribution in [0.4, 0.5) is 4.39 Å². The minimum absolute atomic E-state index is 0.00390. The normalized spacial score (nSPS) is 23.1. The molecule has 17 heavy (non-hydrogen) atoms. The second-order valence-corrected chi connectivity index (χ2v) is 5.57. The van der Waals surface area contributed by atoms with Crippen LogP contribution in [0.5, 0.6) is 0 Å². The largest absolute Gasteiger partial charge is 0.494 e. The fourth-order valence-corrected chi connectivity index (χ4v) is 2.18. The zero-order valence-electron chi connectivity index (χ0n) is 10.5. The molecule has 1 aromatic rings. The SMILES string of the molecule is CSc1ccc(B2OC(C)C(C)(C)O2)cc1F. The molecular formula is C12H16BFO2S. The van der Waals surface area contributed by atoms with E-state index < -0.39 is 7.12 Å². The Morgan fingerprint density at radius 3 is 2.59 bits per heavy atom. The van der Waals surface area contributed by atoms with Crippen molar-refractivity contribution in [2.45, 2.75) is 37.4 Å². The number of hydrogen-bond donors (Lipinski definition) is 0. The molecule has 1 aliphatic heterocycles. The van der Waals surface area contributed by atoms with Crippen molar-refractivity contribution in [1.29, 1.82) is 0 Å². The van der Waals surface area contributed by atoms with E-state index in [1.807, 2.05) is 33.1 Å². The molecule has 2 nitrogen and oxygen atoms in total. The standard InChI is InChI=1S/C12H16BFO2S/c1-8-12(2,3)16-13(15-8)9-5-6-11(17-4)10(14)7-9/h5-8H,1-4H3. The molecule has 1 unspecified atom stereocenters. The van der Waals surface area contributed by atoms with Crippen LogP contribution >= 0.6 is 11.8 Å². The van der Waals surface area contributed by atoms with Crippen LogP contribution in [0.1, 0.15) is 20.8 Å². The average Bonchev–Trinajstić information content (AvgIpc) is 2.53. The van der Waals surface area contributed by atoms with Gasteiger partial charge in [0.2, 0.25) is 0 Å². The molecule has 1 aromatic carbocycles. The predicted molar refractivity (Wildman–Crippen MR) is 69.3 cm³/mol. The van der Waals surface area contributed by atoms with Crippen LogP contribution in [0.15, 0.2) is 23.1 Å². The maximum atomic E-state index is 13.7. The summed E-state index contributed by atoms with van der Waals surface area (Å²) in [4.78, 5) is 0.638. The monoisotopic (exact) mass is 254 g/mol. The molecule has 1 saturated heterocycles. The van der Waals surface area contributed by atoms with Gasteiger partial charge in [0.05, 0.1) is 11.7 Å². The van der Waals surface area contributed by atoms with Crippen LogP contribution in [-0.2, 0) is 9.31 Å². The molecule has 0 saturated carbocycles. The van der Waals surface area contributed by atoms with E-state index in [1.165, 1.54) is 17.8 Å². The Morgan fingerprint density at radius 2 is 2.12 bits per heavy atom. The summed E-state index contributed by atoms with van der Waals surface area (Å²) in [7, 11) is -0.467. The Bertz CT molecular complexity index is 425.